The van der Waals surface area contributed by atoms with Crippen molar-refractivity contribution in [1.82, 2.24) is 0 Å². The summed E-state index contributed by atoms with van der Waals surface area (Å²) in [5.74, 6) is 3.57. The number of unbranched alkanes of at least 4 members (excludes halogenated alkanes) is 8. The van der Waals surface area contributed by atoms with E-state index in [4.69, 9.17) is 0 Å². The van der Waals surface area contributed by atoms with Crippen LogP contribution < -0.4 is 0 Å². The molecule has 0 aliphatic heterocycles. The average molecular weight is 515 g/mol. The molecule has 0 heteroatoms. The highest BCUT2D eigenvalue weighted by molar-refractivity contribution is 5.64. The highest BCUT2D eigenvalue weighted by Gasteiger charge is 2.23. The van der Waals surface area contributed by atoms with Crippen molar-refractivity contribution in [1.29, 1.82) is 0 Å². The molecule has 0 N–H and O–H groups in total. The number of hydrogen-bond donors (Lipinski definition) is 0. The van der Waals surface area contributed by atoms with E-state index >= 15 is 0 Å². The second-order valence-electron chi connectivity index (χ2n) is 13.1. The highest BCUT2D eigenvalue weighted by atomic mass is 14.3. The van der Waals surface area contributed by atoms with Gasteiger partial charge in [-0.25, -0.2) is 0 Å². The molecule has 0 nitrogen and oxygen atoms in total. The molecule has 2 fully saturated rings. The van der Waals surface area contributed by atoms with Crippen molar-refractivity contribution in [2.45, 2.75) is 154 Å². The Labute approximate surface area is 236 Å². The van der Waals surface area contributed by atoms with Crippen LogP contribution in [0.3, 0.4) is 0 Å². The summed E-state index contributed by atoms with van der Waals surface area (Å²) in [6, 6.07) is 19.3. The minimum atomic E-state index is 0.786. The van der Waals surface area contributed by atoms with Crippen LogP contribution in [0.2, 0.25) is 0 Å². The molecule has 2 aromatic rings. The van der Waals surface area contributed by atoms with Crippen molar-refractivity contribution in [2.75, 3.05) is 0 Å². The van der Waals surface area contributed by atoms with Gasteiger partial charge in [-0.3, -0.25) is 0 Å². The fourth-order valence-corrected chi connectivity index (χ4v) is 7.54. The molecule has 0 radical (unpaired) electrons. The molecule has 4 rings (SSSR count). The molecule has 0 heterocycles. The van der Waals surface area contributed by atoms with E-state index in [0.717, 1.165) is 23.7 Å². The smallest absolute Gasteiger partial charge is 0.0162 e. The van der Waals surface area contributed by atoms with Gasteiger partial charge in [-0.2, -0.15) is 0 Å². The molecule has 0 amide bonds. The van der Waals surface area contributed by atoms with Gasteiger partial charge < -0.3 is 0 Å². The Morgan fingerprint density at radius 1 is 0.421 bits per heavy atom. The Kier molecular flexibility index (Phi) is 12.8. The fourth-order valence-electron chi connectivity index (χ4n) is 7.54. The molecule has 210 valence electrons. The summed E-state index contributed by atoms with van der Waals surface area (Å²) in [4.78, 5) is 0. The second kappa shape index (κ2) is 16.5. The van der Waals surface area contributed by atoms with Gasteiger partial charge in [0.1, 0.15) is 0 Å². The maximum Gasteiger partial charge on any atom is -0.0162 e. The van der Waals surface area contributed by atoms with E-state index in [-0.39, 0.29) is 0 Å². The fraction of sp³-hybridized carbons (Fsp3) is 0.684. The molecule has 0 bridgehead atoms. The molecule has 2 aliphatic rings. The summed E-state index contributed by atoms with van der Waals surface area (Å²) < 4.78 is 0. The number of benzene rings is 2. The Bertz CT molecular complexity index is 859. The Morgan fingerprint density at radius 3 is 1.16 bits per heavy atom. The van der Waals surface area contributed by atoms with E-state index < -0.39 is 0 Å². The van der Waals surface area contributed by atoms with Crippen LogP contribution in [0.4, 0.5) is 0 Å². The van der Waals surface area contributed by atoms with Crippen LogP contribution in [0.5, 0.6) is 0 Å². The third-order valence-corrected chi connectivity index (χ3v) is 10.2. The molecular weight excluding hydrogens is 456 g/mol. The van der Waals surface area contributed by atoms with Crippen LogP contribution in [0.15, 0.2) is 48.5 Å². The van der Waals surface area contributed by atoms with Crippen molar-refractivity contribution >= 4 is 0 Å². The van der Waals surface area contributed by atoms with Crippen molar-refractivity contribution in [3.05, 3.63) is 59.7 Å². The van der Waals surface area contributed by atoms with Gasteiger partial charge in [0, 0.05) is 0 Å². The van der Waals surface area contributed by atoms with E-state index in [1.807, 2.05) is 0 Å². The SMILES string of the molecule is CCCCCCCCC1CCC(c2ccc(-c3ccc(C4CCC(CCCCCC)CC4)cc3)cc2)CC1. The van der Waals surface area contributed by atoms with E-state index in [2.05, 4.69) is 62.4 Å². The minimum absolute atomic E-state index is 0.786. The first-order chi connectivity index (χ1) is 18.8. The third-order valence-electron chi connectivity index (χ3n) is 10.2. The van der Waals surface area contributed by atoms with Crippen LogP contribution in [0, 0.1) is 11.8 Å². The van der Waals surface area contributed by atoms with Crippen molar-refractivity contribution < 1.29 is 0 Å². The summed E-state index contributed by atoms with van der Waals surface area (Å²) in [6.07, 6.45) is 28.6. The standard InChI is InChI=1S/C38H58/c1-3-5-7-9-10-12-14-32-17-21-34(22-18-32)36-25-29-38(30-26-36)37-27-23-35(24-28-37)33-19-15-31(16-20-33)13-11-8-6-4-2/h23-34H,3-22H2,1-2H3. The van der Waals surface area contributed by atoms with E-state index in [1.54, 1.807) is 11.1 Å². The quantitative estimate of drug-likeness (QED) is 0.207. The average Bonchev–Trinajstić information content (AvgIpc) is 2.98. The van der Waals surface area contributed by atoms with Crippen molar-refractivity contribution in [2.24, 2.45) is 11.8 Å². The normalized spacial score (nSPS) is 23.9. The van der Waals surface area contributed by atoms with Gasteiger partial charge in [-0.05, 0) is 97.3 Å². The molecule has 2 aromatic carbocycles. The van der Waals surface area contributed by atoms with Gasteiger partial charge in [-0.15, -0.1) is 0 Å². The third kappa shape index (κ3) is 9.27. The topological polar surface area (TPSA) is 0 Å². The van der Waals surface area contributed by atoms with Crippen LogP contribution >= 0.6 is 0 Å². The van der Waals surface area contributed by atoms with Crippen LogP contribution in [-0.2, 0) is 0 Å². The maximum atomic E-state index is 2.43. The van der Waals surface area contributed by atoms with Gasteiger partial charge in [0.15, 0.2) is 0 Å². The lowest BCUT2D eigenvalue weighted by Gasteiger charge is -2.29. The summed E-state index contributed by atoms with van der Waals surface area (Å²) in [7, 11) is 0. The van der Waals surface area contributed by atoms with Gasteiger partial charge in [0.05, 0.1) is 0 Å². The lowest BCUT2D eigenvalue weighted by atomic mass is 9.76. The van der Waals surface area contributed by atoms with Crippen LogP contribution in [0.1, 0.15) is 165 Å². The van der Waals surface area contributed by atoms with Crippen molar-refractivity contribution in [3.8, 4) is 11.1 Å². The second-order valence-corrected chi connectivity index (χ2v) is 13.1. The lowest BCUT2D eigenvalue weighted by Crippen LogP contribution is -2.13. The molecule has 2 saturated carbocycles. The summed E-state index contributed by atoms with van der Waals surface area (Å²) >= 11 is 0. The molecular formula is C38H58. The Morgan fingerprint density at radius 2 is 0.763 bits per heavy atom. The van der Waals surface area contributed by atoms with Gasteiger partial charge >= 0.3 is 0 Å². The molecule has 0 aromatic heterocycles. The monoisotopic (exact) mass is 514 g/mol. The number of rotatable bonds is 15. The largest absolute Gasteiger partial charge is 0.0654 e. The van der Waals surface area contributed by atoms with Gasteiger partial charge in [0.25, 0.3) is 0 Å². The zero-order chi connectivity index (χ0) is 26.4. The Balaban J connectivity index is 1.18. The molecule has 0 atom stereocenters. The van der Waals surface area contributed by atoms with Crippen LogP contribution in [-0.4, -0.2) is 0 Å². The molecule has 0 saturated heterocycles. The maximum absolute atomic E-state index is 2.43. The highest BCUT2D eigenvalue weighted by Crippen LogP contribution is 2.40. The summed E-state index contributed by atoms with van der Waals surface area (Å²) in [5.41, 5.74) is 5.92. The zero-order valence-electron chi connectivity index (χ0n) is 25.1. The Hall–Kier alpha value is -1.56. The first-order valence-corrected chi connectivity index (χ1v) is 17.0. The molecule has 0 spiro atoms. The van der Waals surface area contributed by atoms with E-state index in [0.29, 0.717) is 0 Å². The predicted molar refractivity (Wildman–Crippen MR) is 168 cm³/mol. The first-order valence-electron chi connectivity index (χ1n) is 17.0. The molecule has 38 heavy (non-hydrogen) atoms. The first kappa shape index (κ1) is 29.4. The minimum Gasteiger partial charge on any atom is -0.0654 e. The summed E-state index contributed by atoms with van der Waals surface area (Å²) in [6.45, 7) is 4.62. The number of hydrogen-bond acceptors (Lipinski definition) is 0. The van der Waals surface area contributed by atoms with Crippen LogP contribution in [0.25, 0.3) is 11.1 Å². The summed E-state index contributed by atoms with van der Waals surface area (Å²) in [5, 5.41) is 0. The van der Waals surface area contributed by atoms with E-state index in [9.17, 15) is 0 Å². The molecule has 0 unspecified atom stereocenters. The predicted octanol–water partition coefficient (Wildman–Crippen LogP) is 12.6. The van der Waals surface area contributed by atoms with Gasteiger partial charge in [0.2, 0.25) is 0 Å². The molecule has 2 aliphatic carbocycles. The van der Waals surface area contributed by atoms with Gasteiger partial charge in [-0.1, -0.05) is 139 Å². The van der Waals surface area contributed by atoms with Crippen molar-refractivity contribution in [3.63, 3.8) is 0 Å². The lowest BCUT2D eigenvalue weighted by molar-refractivity contribution is 0.302. The zero-order valence-corrected chi connectivity index (χ0v) is 25.1. The van der Waals surface area contributed by atoms with E-state index in [1.165, 1.54) is 140 Å².